The van der Waals surface area contributed by atoms with Gasteiger partial charge >= 0.3 is 0 Å². The van der Waals surface area contributed by atoms with Crippen molar-refractivity contribution in [3.8, 4) is 0 Å². The Balaban J connectivity index is 2.28. The number of hydrogen-bond acceptors (Lipinski definition) is 2. The zero-order chi connectivity index (χ0) is 12.7. The van der Waals surface area contributed by atoms with E-state index < -0.39 is 0 Å². The molecule has 0 saturated heterocycles. The molecule has 94 valence electrons. The molecule has 0 fully saturated rings. The summed E-state index contributed by atoms with van der Waals surface area (Å²) in [5.74, 6) is -0.488. The van der Waals surface area contributed by atoms with Crippen molar-refractivity contribution in [1.82, 2.24) is 5.32 Å². The van der Waals surface area contributed by atoms with Gasteiger partial charge in [-0.2, -0.15) is 0 Å². The Morgan fingerprint density at radius 3 is 2.82 bits per heavy atom. The van der Waals surface area contributed by atoms with Crippen molar-refractivity contribution in [2.45, 2.75) is 32.2 Å². The van der Waals surface area contributed by atoms with Crippen molar-refractivity contribution in [2.24, 2.45) is 5.73 Å². The van der Waals surface area contributed by atoms with Gasteiger partial charge < -0.3 is 11.1 Å². The fraction of sp³-hybridized carbons (Fsp3) is 0.462. The molecule has 1 aromatic carbocycles. The average molecular weight is 238 g/mol. The number of nitrogens with two attached hydrogens (primary N) is 1. The molecule has 4 heteroatoms. The maximum Gasteiger partial charge on any atom is 0.224 e. The van der Waals surface area contributed by atoms with Gasteiger partial charge in [-0.1, -0.05) is 18.2 Å². The van der Waals surface area contributed by atoms with Crippen LogP contribution in [-0.2, 0) is 11.2 Å². The van der Waals surface area contributed by atoms with Gasteiger partial charge in [-0.05, 0) is 31.4 Å². The Morgan fingerprint density at radius 2 is 2.18 bits per heavy atom. The van der Waals surface area contributed by atoms with Crippen molar-refractivity contribution >= 4 is 5.91 Å². The molecule has 0 heterocycles. The number of carbonyl (C=O) groups is 1. The van der Waals surface area contributed by atoms with Crippen LogP contribution in [0.3, 0.4) is 0 Å². The molecule has 0 saturated carbocycles. The van der Waals surface area contributed by atoms with Gasteiger partial charge in [0.05, 0.1) is 6.42 Å². The van der Waals surface area contributed by atoms with Crippen LogP contribution < -0.4 is 11.1 Å². The van der Waals surface area contributed by atoms with Crippen LogP contribution in [-0.4, -0.2) is 18.5 Å². The molecule has 0 aliphatic carbocycles. The average Bonchev–Trinajstić information content (AvgIpc) is 2.27. The summed E-state index contributed by atoms with van der Waals surface area (Å²) >= 11 is 0. The minimum atomic E-state index is -0.335. The largest absolute Gasteiger partial charge is 0.356 e. The highest BCUT2D eigenvalue weighted by atomic mass is 19.1. The van der Waals surface area contributed by atoms with E-state index in [1.54, 1.807) is 18.2 Å². The minimum absolute atomic E-state index is 0.0881. The number of nitrogens with one attached hydrogen (secondary N) is 1. The first kappa shape index (κ1) is 13.6. The SMILES string of the molecule is CC(N)CCCNC(=O)Cc1ccccc1F. The number of benzene rings is 1. The number of amides is 1. The van der Waals surface area contributed by atoms with E-state index in [-0.39, 0.29) is 24.2 Å². The van der Waals surface area contributed by atoms with Crippen molar-refractivity contribution < 1.29 is 9.18 Å². The van der Waals surface area contributed by atoms with Crippen molar-refractivity contribution in [2.75, 3.05) is 6.54 Å². The van der Waals surface area contributed by atoms with Crippen molar-refractivity contribution in [3.05, 3.63) is 35.6 Å². The van der Waals surface area contributed by atoms with Gasteiger partial charge in [0, 0.05) is 12.6 Å². The summed E-state index contributed by atoms with van der Waals surface area (Å²) in [7, 11) is 0. The van der Waals surface area contributed by atoms with E-state index in [4.69, 9.17) is 5.73 Å². The zero-order valence-electron chi connectivity index (χ0n) is 10.1. The highest BCUT2D eigenvalue weighted by Crippen LogP contribution is 2.06. The number of halogens is 1. The monoisotopic (exact) mass is 238 g/mol. The lowest BCUT2D eigenvalue weighted by atomic mass is 10.1. The van der Waals surface area contributed by atoms with Crippen LogP contribution in [0.5, 0.6) is 0 Å². The standard InChI is InChI=1S/C13H19FN2O/c1-10(15)5-4-8-16-13(17)9-11-6-2-3-7-12(11)14/h2-3,6-7,10H,4-5,8-9,15H2,1H3,(H,16,17). The van der Waals surface area contributed by atoms with E-state index in [0.717, 1.165) is 12.8 Å². The summed E-state index contributed by atoms with van der Waals surface area (Å²) in [5, 5.41) is 2.75. The molecule has 1 aromatic rings. The maximum atomic E-state index is 13.2. The molecule has 0 bridgehead atoms. The molecule has 3 N–H and O–H groups in total. The quantitative estimate of drug-likeness (QED) is 0.740. The number of rotatable bonds is 6. The molecule has 0 aliphatic heterocycles. The van der Waals surface area contributed by atoms with Gasteiger partial charge in [0.1, 0.15) is 5.82 Å². The number of carbonyl (C=O) groups excluding carboxylic acids is 1. The van der Waals surface area contributed by atoms with E-state index in [9.17, 15) is 9.18 Å². The molecular formula is C13H19FN2O. The third-order valence-electron chi connectivity index (χ3n) is 2.47. The first-order valence-electron chi connectivity index (χ1n) is 5.85. The molecular weight excluding hydrogens is 219 g/mol. The molecule has 1 rings (SSSR count). The fourth-order valence-electron chi connectivity index (χ4n) is 1.53. The number of hydrogen-bond donors (Lipinski definition) is 2. The summed E-state index contributed by atoms with van der Waals surface area (Å²) in [6, 6.07) is 6.47. The third kappa shape index (κ3) is 5.45. The summed E-state index contributed by atoms with van der Waals surface area (Å²) in [4.78, 5) is 11.5. The van der Waals surface area contributed by atoms with Gasteiger partial charge in [-0.15, -0.1) is 0 Å². The second kappa shape index (κ2) is 7.01. The highest BCUT2D eigenvalue weighted by Gasteiger charge is 2.06. The zero-order valence-corrected chi connectivity index (χ0v) is 10.1. The van der Waals surface area contributed by atoms with Gasteiger partial charge in [0.2, 0.25) is 5.91 Å². The van der Waals surface area contributed by atoms with Crippen LogP contribution in [0.4, 0.5) is 4.39 Å². The van der Waals surface area contributed by atoms with Crippen LogP contribution in [0.2, 0.25) is 0 Å². The van der Waals surface area contributed by atoms with Crippen molar-refractivity contribution in [1.29, 1.82) is 0 Å². The van der Waals surface area contributed by atoms with Gasteiger partial charge in [0.15, 0.2) is 0 Å². The van der Waals surface area contributed by atoms with Gasteiger partial charge in [0.25, 0.3) is 0 Å². The van der Waals surface area contributed by atoms with Crippen LogP contribution in [0, 0.1) is 5.82 Å². The van der Waals surface area contributed by atoms with E-state index in [2.05, 4.69) is 5.32 Å². The Bertz CT molecular complexity index is 366. The van der Waals surface area contributed by atoms with E-state index in [1.807, 2.05) is 6.92 Å². The molecule has 0 aromatic heterocycles. The fourth-order valence-corrected chi connectivity index (χ4v) is 1.53. The lowest BCUT2D eigenvalue weighted by Crippen LogP contribution is -2.27. The van der Waals surface area contributed by atoms with E-state index >= 15 is 0 Å². The van der Waals surface area contributed by atoms with E-state index in [1.165, 1.54) is 6.07 Å². The summed E-state index contributed by atoms with van der Waals surface area (Å²) in [6.45, 7) is 2.52. The Morgan fingerprint density at radius 1 is 1.47 bits per heavy atom. The maximum absolute atomic E-state index is 13.2. The predicted octanol–water partition coefficient (Wildman–Crippen LogP) is 1.61. The lowest BCUT2D eigenvalue weighted by Gasteiger charge is -2.07. The molecule has 17 heavy (non-hydrogen) atoms. The molecule has 3 nitrogen and oxygen atoms in total. The summed E-state index contributed by atoms with van der Waals surface area (Å²) < 4.78 is 13.2. The Hall–Kier alpha value is -1.42. The second-order valence-corrected chi connectivity index (χ2v) is 4.24. The van der Waals surface area contributed by atoms with Crippen LogP contribution in [0.25, 0.3) is 0 Å². The van der Waals surface area contributed by atoms with E-state index in [0.29, 0.717) is 12.1 Å². The highest BCUT2D eigenvalue weighted by molar-refractivity contribution is 5.78. The molecule has 0 radical (unpaired) electrons. The molecule has 1 amide bonds. The van der Waals surface area contributed by atoms with Crippen LogP contribution >= 0.6 is 0 Å². The van der Waals surface area contributed by atoms with Crippen molar-refractivity contribution in [3.63, 3.8) is 0 Å². The normalized spacial score (nSPS) is 12.2. The second-order valence-electron chi connectivity index (χ2n) is 4.24. The summed E-state index contributed by atoms with van der Waals surface area (Å²) in [6.07, 6.45) is 1.81. The van der Waals surface area contributed by atoms with Gasteiger partial charge in [-0.3, -0.25) is 4.79 Å². The summed E-state index contributed by atoms with van der Waals surface area (Å²) in [5.41, 5.74) is 6.02. The topological polar surface area (TPSA) is 55.1 Å². The molecule has 0 aliphatic rings. The first-order chi connectivity index (χ1) is 8.09. The Kier molecular flexibility index (Phi) is 5.63. The first-order valence-corrected chi connectivity index (χ1v) is 5.85. The van der Waals surface area contributed by atoms with Gasteiger partial charge in [-0.25, -0.2) is 4.39 Å². The minimum Gasteiger partial charge on any atom is -0.356 e. The lowest BCUT2D eigenvalue weighted by molar-refractivity contribution is -0.120. The predicted molar refractivity (Wildman–Crippen MR) is 66.0 cm³/mol. The molecule has 1 atom stereocenters. The van der Waals surface area contributed by atoms with Crippen LogP contribution in [0.15, 0.2) is 24.3 Å². The smallest absolute Gasteiger partial charge is 0.224 e. The molecule has 0 spiro atoms. The molecule has 1 unspecified atom stereocenters. The third-order valence-corrected chi connectivity index (χ3v) is 2.47. The van der Waals surface area contributed by atoms with Crippen LogP contribution in [0.1, 0.15) is 25.3 Å². The Labute approximate surface area is 101 Å².